The van der Waals surface area contributed by atoms with Gasteiger partial charge in [0.2, 0.25) is 0 Å². The number of nitrogens with zero attached hydrogens (tertiary/aromatic N) is 4. The van der Waals surface area contributed by atoms with Crippen LogP contribution in [-0.2, 0) is 0 Å². The van der Waals surface area contributed by atoms with Gasteiger partial charge in [0.15, 0.2) is 0 Å². The minimum absolute atomic E-state index is 0.0103. The van der Waals surface area contributed by atoms with E-state index in [2.05, 4.69) is 45.9 Å². The third-order valence-electron chi connectivity index (χ3n) is 6.06. The van der Waals surface area contributed by atoms with Gasteiger partial charge in [0.05, 0.1) is 23.2 Å². The van der Waals surface area contributed by atoms with Crippen LogP contribution in [-0.4, -0.2) is 38.4 Å². The van der Waals surface area contributed by atoms with Gasteiger partial charge in [-0.1, -0.05) is 13.0 Å². The first-order valence-electron chi connectivity index (χ1n) is 9.88. The van der Waals surface area contributed by atoms with Crippen LogP contribution in [0.4, 0.5) is 0 Å². The van der Waals surface area contributed by atoms with Gasteiger partial charge in [-0.25, -0.2) is 4.98 Å². The summed E-state index contributed by atoms with van der Waals surface area (Å²) >= 11 is 0. The second-order valence-electron chi connectivity index (χ2n) is 7.80. The smallest absolute Gasteiger partial charge is 0.253 e. The van der Waals surface area contributed by atoms with Crippen LogP contribution in [0.15, 0.2) is 55.0 Å². The van der Waals surface area contributed by atoms with Crippen molar-refractivity contribution in [3.63, 3.8) is 0 Å². The molecule has 1 amide bonds. The number of aromatic amines is 1. The summed E-state index contributed by atoms with van der Waals surface area (Å²) in [4.78, 5) is 22.7. The summed E-state index contributed by atoms with van der Waals surface area (Å²) in [5, 5.41) is 11.3. The Kier molecular flexibility index (Phi) is 4.09. The maximum Gasteiger partial charge on any atom is 0.253 e. The maximum atomic E-state index is 13.1. The van der Waals surface area contributed by atoms with Crippen LogP contribution in [0.1, 0.15) is 35.3 Å². The van der Waals surface area contributed by atoms with Crippen LogP contribution in [0, 0.1) is 17.2 Å². The maximum absolute atomic E-state index is 13.1. The number of fused-ring (bicyclic) bond motifs is 3. The first-order chi connectivity index (χ1) is 14.2. The fraction of sp³-hybridized carbons (Fsp3) is 0.261. The number of carbonyl (C=O) groups is 1. The Hall–Kier alpha value is -3.59. The summed E-state index contributed by atoms with van der Waals surface area (Å²) in [7, 11) is 0. The van der Waals surface area contributed by atoms with E-state index in [9.17, 15) is 4.79 Å². The van der Waals surface area contributed by atoms with Crippen LogP contribution in [0.25, 0.3) is 21.9 Å². The number of nitriles is 1. The molecule has 3 aromatic heterocycles. The van der Waals surface area contributed by atoms with Crippen LogP contribution >= 0.6 is 0 Å². The van der Waals surface area contributed by atoms with Gasteiger partial charge in [-0.2, -0.15) is 5.26 Å². The number of amides is 1. The van der Waals surface area contributed by atoms with Gasteiger partial charge >= 0.3 is 0 Å². The van der Waals surface area contributed by atoms with Gasteiger partial charge in [0, 0.05) is 48.0 Å². The highest BCUT2D eigenvalue weighted by atomic mass is 16.2. The number of nitrogens with one attached hydrogen (secondary N) is 1. The fourth-order valence-corrected chi connectivity index (χ4v) is 4.43. The van der Waals surface area contributed by atoms with Crippen LogP contribution in [0.2, 0.25) is 0 Å². The summed E-state index contributed by atoms with van der Waals surface area (Å²) in [6, 6.07) is 13.4. The lowest BCUT2D eigenvalue weighted by Crippen LogP contribution is -2.43. The van der Waals surface area contributed by atoms with Crippen molar-refractivity contribution in [2.45, 2.75) is 19.4 Å². The Balaban J connectivity index is 1.51. The van der Waals surface area contributed by atoms with Crippen LogP contribution in [0.5, 0.6) is 0 Å². The van der Waals surface area contributed by atoms with Crippen molar-refractivity contribution < 1.29 is 4.79 Å². The van der Waals surface area contributed by atoms with E-state index in [-0.39, 0.29) is 11.9 Å². The molecule has 2 atom stereocenters. The molecule has 6 nitrogen and oxygen atoms in total. The lowest BCUT2D eigenvalue weighted by molar-refractivity contribution is 0.0625. The predicted molar refractivity (Wildman–Crippen MR) is 111 cm³/mol. The Morgan fingerprint density at radius 2 is 2.21 bits per heavy atom. The zero-order chi connectivity index (χ0) is 20.0. The van der Waals surface area contributed by atoms with E-state index in [1.807, 2.05) is 17.3 Å². The molecule has 1 fully saturated rings. The Labute approximate surface area is 168 Å². The summed E-state index contributed by atoms with van der Waals surface area (Å²) in [5.74, 6) is 0.436. The van der Waals surface area contributed by atoms with Crippen LogP contribution in [0.3, 0.4) is 0 Å². The fourth-order valence-electron chi connectivity index (χ4n) is 4.43. The highest BCUT2D eigenvalue weighted by molar-refractivity contribution is 6.02. The average molecular weight is 383 g/mol. The zero-order valence-corrected chi connectivity index (χ0v) is 16.2. The number of hydrogen-bond donors (Lipinski definition) is 1. The van der Waals surface area contributed by atoms with Crippen molar-refractivity contribution in [1.82, 2.24) is 19.4 Å². The summed E-state index contributed by atoms with van der Waals surface area (Å²) in [5.41, 5.74) is 3.12. The number of benzene rings is 1. The predicted octanol–water partition coefficient (Wildman–Crippen LogP) is 4.11. The molecule has 1 N–H and O–H groups in total. The SMILES string of the molecule is C[C@@H]1CCN(C(=O)c2cccc(C#N)c2)C[C@@H]1n1ccc2cnc3[nH]ccc3c21. The number of pyridine rings is 1. The number of hydrogen-bond acceptors (Lipinski definition) is 3. The minimum atomic E-state index is -0.0103. The topological polar surface area (TPSA) is 77.7 Å². The quantitative estimate of drug-likeness (QED) is 0.566. The molecule has 1 aliphatic heterocycles. The summed E-state index contributed by atoms with van der Waals surface area (Å²) in [6.07, 6.45) is 6.87. The van der Waals surface area contributed by atoms with Crippen molar-refractivity contribution in [3.8, 4) is 6.07 Å². The van der Waals surface area contributed by atoms with Crippen molar-refractivity contribution in [2.24, 2.45) is 5.92 Å². The molecule has 29 heavy (non-hydrogen) atoms. The Bertz CT molecular complexity index is 1260. The molecule has 0 saturated carbocycles. The zero-order valence-electron chi connectivity index (χ0n) is 16.2. The largest absolute Gasteiger partial charge is 0.346 e. The van der Waals surface area contributed by atoms with Gasteiger partial charge in [0.25, 0.3) is 5.91 Å². The summed E-state index contributed by atoms with van der Waals surface area (Å²) in [6.45, 7) is 3.63. The number of H-pyrrole nitrogens is 1. The molecule has 5 rings (SSSR count). The van der Waals surface area contributed by atoms with E-state index in [1.165, 1.54) is 0 Å². The van der Waals surface area contributed by atoms with E-state index in [0.717, 1.165) is 34.9 Å². The van der Waals surface area contributed by atoms with E-state index in [0.29, 0.717) is 23.6 Å². The number of aromatic nitrogens is 3. The van der Waals surface area contributed by atoms with Crippen molar-refractivity contribution in [1.29, 1.82) is 5.26 Å². The number of piperidine rings is 1. The van der Waals surface area contributed by atoms with Crippen molar-refractivity contribution in [3.05, 3.63) is 66.1 Å². The van der Waals surface area contributed by atoms with E-state index in [4.69, 9.17) is 5.26 Å². The first kappa shape index (κ1) is 17.5. The number of likely N-dealkylation sites (tertiary alicyclic amines) is 1. The number of rotatable bonds is 2. The lowest BCUT2D eigenvalue weighted by atomic mass is 9.92. The third-order valence-corrected chi connectivity index (χ3v) is 6.06. The van der Waals surface area contributed by atoms with E-state index >= 15 is 0 Å². The number of carbonyl (C=O) groups excluding carboxylic acids is 1. The van der Waals surface area contributed by atoms with Gasteiger partial charge < -0.3 is 14.5 Å². The molecule has 0 radical (unpaired) electrons. The molecule has 0 aliphatic carbocycles. The first-order valence-corrected chi connectivity index (χ1v) is 9.88. The molecular weight excluding hydrogens is 362 g/mol. The average Bonchev–Trinajstić information content (AvgIpc) is 3.40. The monoisotopic (exact) mass is 383 g/mol. The van der Waals surface area contributed by atoms with Crippen LogP contribution < -0.4 is 0 Å². The molecule has 144 valence electrons. The highest BCUT2D eigenvalue weighted by Crippen LogP contribution is 2.34. The molecule has 0 bridgehead atoms. The molecule has 1 aromatic carbocycles. The van der Waals surface area contributed by atoms with E-state index < -0.39 is 0 Å². The Morgan fingerprint density at radius 1 is 1.31 bits per heavy atom. The second-order valence-corrected chi connectivity index (χ2v) is 7.80. The third kappa shape index (κ3) is 2.87. The van der Waals surface area contributed by atoms with Gasteiger partial charge in [-0.3, -0.25) is 4.79 Å². The Morgan fingerprint density at radius 3 is 3.07 bits per heavy atom. The molecule has 0 unspecified atom stereocenters. The molecule has 1 saturated heterocycles. The second kappa shape index (κ2) is 6.78. The molecule has 4 aromatic rings. The molecule has 6 heteroatoms. The lowest BCUT2D eigenvalue weighted by Gasteiger charge is -2.38. The molecule has 4 heterocycles. The minimum Gasteiger partial charge on any atom is -0.346 e. The molecular formula is C23H21N5O. The highest BCUT2D eigenvalue weighted by Gasteiger charge is 2.31. The van der Waals surface area contributed by atoms with Gasteiger partial charge in [0.1, 0.15) is 5.65 Å². The molecule has 0 spiro atoms. The van der Waals surface area contributed by atoms with Gasteiger partial charge in [-0.15, -0.1) is 0 Å². The van der Waals surface area contributed by atoms with Crippen molar-refractivity contribution >= 4 is 27.8 Å². The summed E-state index contributed by atoms with van der Waals surface area (Å²) < 4.78 is 2.31. The molecule has 1 aliphatic rings. The van der Waals surface area contributed by atoms with Crippen molar-refractivity contribution in [2.75, 3.05) is 13.1 Å². The normalized spacial score (nSPS) is 19.5. The standard InChI is InChI=1S/C23H21N5O/c1-15-6-9-27(23(29)17-4-2-3-16(11-17)12-24)14-20(15)28-10-7-18-13-26-22-19(21(18)28)5-8-25-22/h2-5,7-8,10-11,13,15,20H,6,9,14H2,1H3,(H,25,26)/t15-,20+/m1/s1. The van der Waals surface area contributed by atoms with Gasteiger partial charge in [-0.05, 0) is 42.7 Å². The van der Waals surface area contributed by atoms with E-state index in [1.54, 1.807) is 24.3 Å².